The van der Waals surface area contributed by atoms with Gasteiger partial charge in [0.1, 0.15) is 0 Å². The van der Waals surface area contributed by atoms with Crippen LogP contribution < -0.4 is 0 Å². The number of allylic oxidation sites excluding steroid dienone is 2. The van der Waals surface area contributed by atoms with E-state index < -0.39 is 0 Å². The van der Waals surface area contributed by atoms with E-state index >= 15 is 0 Å². The van der Waals surface area contributed by atoms with E-state index in [0.29, 0.717) is 5.92 Å². The van der Waals surface area contributed by atoms with Gasteiger partial charge in [0.05, 0.1) is 6.10 Å². The summed E-state index contributed by atoms with van der Waals surface area (Å²) in [5.41, 5.74) is 1.41. The third-order valence-electron chi connectivity index (χ3n) is 2.25. The molecule has 12 heavy (non-hydrogen) atoms. The first-order chi connectivity index (χ1) is 5.57. The number of rotatable bonds is 5. The Morgan fingerprint density at radius 1 is 1.42 bits per heavy atom. The summed E-state index contributed by atoms with van der Waals surface area (Å²) in [6.45, 7) is 8.28. The molecule has 0 fully saturated rings. The van der Waals surface area contributed by atoms with Gasteiger partial charge in [0.25, 0.3) is 0 Å². The van der Waals surface area contributed by atoms with Gasteiger partial charge in [-0.15, -0.1) is 0 Å². The molecular formula is C11H22O. The quantitative estimate of drug-likeness (QED) is 0.628. The molecule has 0 aliphatic rings. The average Bonchev–Trinajstić information content (AvgIpc) is 2.00. The summed E-state index contributed by atoms with van der Waals surface area (Å²) >= 11 is 0. The van der Waals surface area contributed by atoms with Gasteiger partial charge in [-0.3, -0.25) is 0 Å². The van der Waals surface area contributed by atoms with E-state index in [1.54, 1.807) is 0 Å². The van der Waals surface area contributed by atoms with Crippen molar-refractivity contribution in [2.75, 3.05) is 0 Å². The predicted molar refractivity (Wildman–Crippen MR) is 54.1 cm³/mol. The van der Waals surface area contributed by atoms with Gasteiger partial charge in [-0.05, 0) is 32.6 Å². The molecule has 1 heteroatoms. The van der Waals surface area contributed by atoms with Gasteiger partial charge >= 0.3 is 0 Å². The molecular weight excluding hydrogens is 148 g/mol. The van der Waals surface area contributed by atoms with Gasteiger partial charge < -0.3 is 5.11 Å². The van der Waals surface area contributed by atoms with Gasteiger partial charge in [0.2, 0.25) is 0 Å². The molecule has 0 heterocycles. The lowest BCUT2D eigenvalue weighted by Crippen LogP contribution is -2.12. The standard InChI is InChI=1S/C11H22O/c1-5-6-7-9(2)8-10(3)11(4)12/h7,10-12H,5-6,8H2,1-4H3. The molecule has 0 amide bonds. The van der Waals surface area contributed by atoms with Crippen LogP contribution in [0.4, 0.5) is 0 Å². The molecule has 0 aliphatic heterocycles. The van der Waals surface area contributed by atoms with Crippen molar-refractivity contribution < 1.29 is 5.11 Å². The van der Waals surface area contributed by atoms with Crippen molar-refractivity contribution in [2.45, 2.75) is 53.1 Å². The number of unbranched alkanes of at least 4 members (excludes halogenated alkanes) is 1. The third kappa shape index (κ3) is 5.36. The first kappa shape index (κ1) is 11.7. The fourth-order valence-electron chi connectivity index (χ4n) is 1.15. The van der Waals surface area contributed by atoms with Crippen molar-refractivity contribution >= 4 is 0 Å². The molecule has 72 valence electrons. The van der Waals surface area contributed by atoms with E-state index in [0.717, 1.165) is 6.42 Å². The largest absolute Gasteiger partial charge is 0.393 e. The molecule has 2 unspecified atom stereocenters. The van der Waals surface area contributed by atoms with Crippen LogP contribution in [0.15, 0.2) is 11.6 Å². The fraction of sp³-hybridized carbons (Fsp3) is 0.818. The van der Waals surface area contributed by atoms with Crippen LogP contribution in [-0.2, 0) is 0 Å². The zero-order valence-corrected chi connectivity index (χ0v) is 8.80. The topological polar surface area (TPSA) is 20.2 Å². The van der Waals surface area contributed by atoms with Gasteiger partial charge in [-0.1, -0.05) is 31.9 Å². The minimum absolute atomic E-state index is 0.185. The maximum absolute atomic E-state index is 9.27. The Morgan fingerprint density at radius 3 is 2.42 bits per heavy atom. The Labute approximate surface area is 76.5 Å². The average molecular weight is 170 g/mol. The van der Waals surface area contributed by atoms with E-state index in [9.17, 15) is 5.11 Å². The first-order valence-corrected chi connectivity index (χ1v) is 4.91. The molecule has 0 spiro atoms. The lowest BCUT2D eigenvalue weighted by atomic mass is 9.97. The van der Waals surface area contributed by atoms with Gasteiger partial charge in [-0.2, -0.15) is 0 Å². The number of hydrogen-bond donors (Lipinski definition) is 1. The molecule has 0 aliphatic carbocycles. The third-order valence-corrected chi connectivity index (χ3v) is 2.25. The van der Waals surface area contributed by atoms with Crippen LogP contribution in [0.5, 0.6) is 0 Å². The lowest BCUT2D eigenvalue weighted by molar-refractivity contribution is 0.135. The van der Waals surface area contributed by atoms with Crippen LogP contribution in [0.1, 0.15) is 47.0 Å². The second-order valence-corrected chi connectivity index (χ2v) is 3.76. The minimum atomic E-state index is -0.185. The molecule has 0 aromatic heterocycles. The van der Waals surface area contributed by atoms with Gasteiger partial charge in [0.15, 0.2) is 0 Å². The Morgan fingerprint density at radius 2 is 2.00 bits per heavy atom. The van der Waals surface area contributed by atoms with Crippen molar-refractivity contribution in [1.82, 2.24) is 0 Å². The molecule has 0 rings (SSSR count). The normalized spacial score (nSPS) is 17.6. The summed E-state index contributed by atoms with van der Waals surface area (Å²) in [5, 5.41) is 9.27. The van der Waals surface area contributed by atoms with E-state index in [-0.39, 0.29) is 6.10 Å². The molecule has 0 saturated heterocycles. The molecule has 2 atom stereocenters. The summed E-state index contributed by atoms with van der Waals surface area (Å²) in [7, 11) is 0. The highest BCUT2D eigenvalue weighted by Crippen LogP contribution is 2.15. The molecule has 1 N–H and O–H groups in total. The van der Waals surface area contributed by atoms with Crippen LogP contribution >= 0.6 is 0 Å². The second kappa shape index (κ2) is 6.24. The van der Waals surface area contributed by atoms with Crippen molar-refractivity contribution in [3.63, 3.8) is 0 Å². The monoisotopic (exact) mass is 170 g/mol. The SMILES string of the molecule is CCCC=C(C)CC(C)C(C)O. The number of aliphatic hydroxyl groups excluding tert-OH is 1. The predicted octanol–water partition coefficient (Wildman–Crippen LogP) is 3.14. The summed E-state index contributed by atoms with van der Waals surface area (Å²) in [4.78, 5) is 0. The van der Waals surface area contributed by atoms with Crippen LogP contribution in [0.2, 0.25) is 0 Å². The van der Waals surface area contributed by atoms with Crippen LogP contribution in [0.3, 0.4) is 0 Å². The minimum Gasteiger partial charge on any atom is -0.393 e. The van der Waals surface area contributed by atoms with Crippen molar-refractivity contribution in [3.05, 3.63) is 11.6 Å². The van der Waals surface area contributed by atoms with E-state index in [2.05, 4.69) is 26.8 Å². The van der Waals surface area contributed by atoms with Crippen molar-refractivity contribution in [3.8, 4) is 0 Å². The maximum atomic E-state index is 9.27. The lowest BCUT2D eigenvalue weighted by Gasteiger charge is -2.14. The zero-order valence-electron chi connectivity index (χ0n) is 8.80. The highest BCUT2D eigenvalue weighted by molar-refractivity contribution is 4.99. The summed E-state index contributed by atoms with van der Waals surface area (Å²) in [5.74, 6) is 0.387. The summed E-state index contributed by atoms with van der Waals surface area (Å²) in [6.07, 6.45) is 5.49. The van der Waals surface area contributed by atoms with E-state index in [1.807, 2.05) is 6.92 Å². The molecule has 1 nitrogen and oxygen atoms in total. The van der Waals surface area contributed by atoms with Gasteiger partial charge in [-0.25, -0.2) is 0 Å². The Kier molecular flexibility index (Phi) is 6.09. The smallest absolute Gasteiger partial charge is 0.0540 e. The van der Waals surface area contributed by atoms with Crippen LogP contribution in [0, 0.1) is 5.92 Å². The first-order valence-electron chi connectivity index (χ1n) is 4.91. The summed E-state index contributed by atoms with van der Waals surface area (Å²) in [6, 6.07) is 0. The number of hydrogen-bond acceptors (Lipinski definition) is 1. The summed E-state index contributed by atoms with van der Waals surface area (Å²) < 4.78 is 0. The molecule has 0 aromatic carbocycles. The number of aliphatic hydroxyl groups is 1. The highest BCUT2D eigenvalue weighted by atomic mass is 16.3. The molecule has 0 radical (unpaired) electrons. The zero-order chi connectivity index (χ0) is 9.56. The van der Waals surface area contributed by atoms with Crippen LogP contribution in [-0.4, -0.2) is 11.2 Å². The van der Waals surface area contributed by atoms with Crippen molar-refractivity contribution in [2.24, 2.45) is 5.92 Å². The Balaban J connectivity index is 3.74. The molecule has 0 aromatic rings. The van der Waals surface area contributed by atoms with Gasteiger partial charge in [0, 0.05) is 0 Å². The fourth-order valence-corrected chi connectivity index (χ4v) is 1.15. The Bertz CT molecular complexity index is 136. The molecule has 0 saturated carbocycles. The Hall–Kier alpha value is -0.300. The second-order valence-electron chi connectivity index (χ2n) is 3.76. The van der Waals surface area contributed by atoms with E-state index in [4.69, 9.17) is 0 Å². The molecule has 0 bridgehead atoms. The van der Waals surface area contributed by atoms with E-state index in [1.165, 1.54) is 18.4 Å². The maximum Gasteiger partial charge on any atom is 0.0540 e. The van der Waals surface area contributed by atoms with Crippen molar-refractivity contribution in [1.29, 1.82) is 0 Å². The highest BCUT2D eigenvalue weighted by Gasteiger charge is 2.08. The van der Waals surface area contributed by atoms with Crippen LogP contribution in [0.25, 0.3) is 0 Å².